The van der Waals surface area contributed by atoms with E-state index in [1.54, 1.807) is 28.4 Å². The van der Waals surface area contributed by atoms with E-state index in [1.807, 2.05) is 30.3 Å². The largest absolute Gasteiger partial charge is 0.356 e. The molecule has 0 radical (unpaired) electrons. The van der Waals surface area contributed by atoms with Crippen molar-refractivity contribution in [1.82, 2.24) is 0 Å². The predicted molar refractivity (Wildman–Crippen MR) is 73.8 cm³/mol. The molecule has 0 atom stereocenters. The Kier molecular flexibility index (Phi) is 7.02. The summed E-state index contributed by atoms with van der Waals surface area (Å²) in [6, 6.07) is 9.96. The zero-order chi connectivity index (χ0) is 14.1. The van der Waals surface area contributed by atoms with Gasteiger partial charge in [-0.3, -0.25) is 0 Å². The normalized spacial score (nSPS) is 12.1. The average molecular weight is 268 g/mol. The number of benzene rings is 1. The van der Waals surface area contributed by atoms with Crippen molar-refractivity contribution in [1.29, 1.82) is 0 Å². The number of rotatable bonds is 9. The maximum Gasteiger partial charge on any atom is 0.194 e. The summed E-state index contributed by atoms with van der Waals surface area (Å²) in [7, 11) is 6.62. The Morgan fingerprint density at radius 1 is 0.947 bits per heavy atom. The van der Waals surface area contributed by atoms with Gasteiger partial charge in [-0.2, -0.15) is 0 Å². The second-order valence-corrected chi connectivity index (χ2v) is 4.32. The van der Waals surface area contributed by atoms with Crippen molar-refractivity contribution in [3.63, 3.8) is 0 Å². The third-order valence-corrected chi connectivity index (χ3v) is 3.34. The summed E-state index contributed by atoms with van der Waals surface area (Å²) >= 11 is 0. The van der Waals surface area contributed by atoms with E-state index in [1.165, 1.54) is 0 Å². The van der Waals surface area contributed by atoms with Crippen LogP contribution >= 0.6 is 0 Å². The minimum Gasteiger partial charge on any atom is -0.356 e. The van der Waals surface area contributed by atoms with Crippen molar-refractivity contribution in [2.24, 2.45) is 0 Å². The first-order valence-electron chi connectivity index (χ1n) is 6.44. The molecule has 0 spiro atoms. The molecule has 19 heavy (non-hydrogen) atoms. The van der Waals surface area contributed by atoms with Crippen molar-refractivity contribution in [3.05, 3.63) is 35.9 Å². The topological polar surface area (TPSA) is 36.9 Å². The van der Waals surface area contributed by atoms with Gasteiger partial charge >= 0.3 is 0 Å². The van der Waals surface area contributed by atoms with Crippen LogP contribution in [0.5, 0.6) is 0 Å². The second kappa shape index (κ2) is 8.27. The molecule has 1 aromatic rings. The highest BCUT2D eigenvalue weighted by molar-refractivity contribution is 5.20. The molecule has 0 saturated heterocycles. The first-order chi connectivity index (χ1) is 9.22. The van der Waals surface area contributed by atoms with Crippen LogP contribution in [0.25, 0.3) is 0 Å². The Hall–Kier alpha value is -0.940. The molecular weight excluding hydrogens is 244 g/mol. The summed E-state index contributed by atoms with van der Waals surface area (Å²) in [5.41, 5.74) is 1.02. The lowest BCUT2D eigenvalue weighted by Gasteiger charge is -2.31. The van der Waals surface area contributed by atoms with Gasteiger partial charge in [-0.25, -0.2) is 0 Å². The molecule has 0 aliphatic carbocycles. The van der Waals surface area contributed by atoms with Gasteiger partial charge in [0.25, 0.3) is 0 Å². The van der Waals surface area contributed by atoms with E-state index in [-0.39, 0.29) is 6.29 Å². The minimum absolute atomic E-state index is 0.179. The summed E-state index contributed by atoms with van der Waals surface area (Å²) in [6.45, 7) is 0. The molecule has 0 aliphatic rings. The Bertz CT molecular complexity index is 331. The Morgan fingerprint density at radius 2 is 1.53 bits per heavy atom. The van der Waals surface area contributed by atoms with Crippen LogP contribution in [-0.2, 0) is 24.7 Å². The average Bonchev–Trinajstić information content (AvgIpc) is 2.49. The molecule has 0 saturated carbocycles. The maximum absolute atomic E-state index is 5.62. The highest BCUT2D eigenvalue weighted by Gasteiger charge is 2.31. The highest BCUT2D eigenvalue weighted by atomic mass is 16.7. The zero-order valence-electron chi connectivity index (χ0n) is 12.2. The number of methoxy groups -OCH3 is 4. The van der Waals surface area contributed by atoms with Crippen LogP contribution in [-0.4, -0.2) is 34.7 Å². The van der Waals surface area contributed by atoms with Crippen molar-refractivity contribution >= 4 is 0 Å². The lowest BCUT2D eigenvalue weighted by atomic mass is 9.99. The molecule has 108 valence electrons. The number of ether oxygens (including phenoxy) is 4. The summed E-state index contributed by atoms with van der Waals surface area (Å²) in [5.74, 6) is -0.701. The molecule has 4 nitrogen and oxygen atoms in total. The van der Waals surface area contributed by atoms with E-state index in [0.29, 0.717) is 0 Å². The predicted octanol–water partition coefficient (Wildman–Crippen LogP) is 2.92. The van der Waals surface area contributed by atoms with Gasteiger partial charge in [-0.1, -0.05) is 30.3 Å². The van der Waals surface area contributed by atoms with Crippen LogP contribution in [0, 0.1) is 0 Å². The molecule has 1 aromatic carbocycles. The first kappa shape index (κ1) is 16.1. The fraction of sp³-hybridized carbons (Fsp3) is 0.600. The summed E-state index contributed by atoms with van der Waals surface area (Å²) in [5, 5.41) is 0. The van der Waals surface area contributed by atoms with Crippen LogP contribution in [0.4, 0.5) is 0 Å². The maximum atomic E-state index is 5.62. The fourth-order valence-corrected chi connectivity index (χ4v) is 2.19. The van der Waals surface area contributed by atoms with Gasteiger partial charge in [0.15, 0.2) is 12.1 Å². The van der Waals surface area contributed by atoms with Gasteiger partial charge in [-0.05, 0) is 12.8 Å². The molecule has 0 unspecified atom stereocenters. The first-order valence-corrected chi connectivity index (χ1v) is 6.44. The van der Waals surface area contributed by atoms with Crippen LogP contribution in [0.1, 0.15) is 24.8 Å². The summed E-state index contributed by atoms with van der Waals surface area (Å²) in [6.07, 6.45) is 2.24. The second-order valence-electron chi connectivity index (χ2n) is 4.32. The standard InChI is InChI=1S/C15H24O4/c1-16-14(17-2)11-8-12-15(18-3,19-4)13-9-6-5-7-10-13/h5-7,9-10,14H,8,11-12H2,1-4H3. The molecule has 1 rings (SSSR count). The molecule has 4 heteroatoms. The number of hydrogen-bond acceptors (Lipinski definition) is 4. The SMILES string of the molecule is COC(CCCC(OC)(OC)c1ccccc1)OC. The van der Waals surface area contributed by atoms with Gasteiger partial charge in [0.05, 0.1) is 0 Å². The van der Waals surface area contributed by atoms with Crippen LogP contribution in [0.15, 0.2) is 30.3 Å². The molecule has 0 aromatic heterocycles. The highest BCUT2D eigenvalue weighted by Crippen LogP contribution is 2.31. The third-order valence-electron chi connectivity index (χ3n) is 3.34. The Labute approximate surface area is 115 Å². The molecule has 0 aliphatic heterocycles. The lowest BCUT2D eigenvalue weighted by molar-refractivity contribution is -0.222. The van der Waals surface area contributed by atoms with Crippen molar-refractivity contribution < 1.29 is 18.9 Å². The van der Waals surface area contributed by atoms with E-state index in [2.05, 4.69) is 0 Å². The van der Waals surface area contributed by atoms with Gasteiger partial charge < -0.3 is 18.9 Å². The van der Waals surface area contributed by atoms with Crippen molar-refractivity contribution in [2.75, 3.05) is 28.4 Å². The van der Waals surface area contributed by atoms with Gasteiger partial charge in [0.1, 0.15) is 0 Å². The Morgan fingerprint density at radius 3 is 2.00 bits per heavy atom. The molecular formula is C15H24O4. The van der Waals surface area contributed by atoms with Crippen LogP contribution in [0.3, 0.4) is 0 Å². The van der Waals surface area contributed by atoms with E-state index in [0.717, 1.165) is 24.8 Å². The summed E-state index contributed by atoms with van der Waals surface area (Å²) < 4.78 is 21.6. The van der Waals surface area contributed by atoms with Gasteiger partial charge in [0.2, 0.25) is 0 Å². The molecule has 0 N–H and O–H groups in total. The van der Waals surface area contributed by atoms with E-state index in [9.17, 15) is 0 Å². The molecule has 0 heterocycles. The lowest BCUT2D eigenvalue weighted by Crippen LogP contribution is -2.31. The van der Waals surface area contributed by atoms with Gasteiger partial charge in [-0.15, -0.1) is 0 Å². The minimum atomic E-state index is -0.701. The van der Waals surface area contributed by atoms with Crippen LogP contribution < -0.4 is 0 Å². The van der Waals surface area contributed by atoms with E-state index in [4.69, 9.17) is 18.9 Å². The zero-order valence-corrected chi connectivity index (χ0v) is 12.2. The quantitative estimate of drug-likeness (QED) is 0.645. The van der Waals surface area contributed by atoms with E-state index >= 15 is 0 Å². The third kappa shape index (κ3) is 4.28. The Balaban J connectivity index is 2.67. The van der Waals surface area contributed by atoms with Crippen molar-refractivity contribution in [2.45, 2.75) is 31.3 Å². The van der Waals surface area contributed by atoms with Crippen LogP contribution in [0.2, 0.25) is 0 Å². The fourth-order valence-electron chi connectivity index (χ4n) is 2.19. The molecule has 0 bridgehead atoms. The summed E-state index contributed by atoms with van der Waals surface area (Å²) in [4.78, 5) is 0. The molecule has 0 fully saturated rings. The smallest absolute Gasteiger partial charge is 0.194 e. The van der Waals surface area contributed by atoms with Gasteiger partial charge in [0, 0.05) is 40.4 Å². The monoisotopic (exact) mass is 268 g/mol. The van der Waals surface area contributed by atoms with E-state index < -0.39 is 5.79 Å². The number of hydrogen-bond donors (Lipinski definition) is 0. The molecule has 0 amide bonds. The van der Waals surface area contributed by atoms with Crippen molar-refractivity contribution in [3.8, 4) is 0 Å².